The molecule has 7 nitrogen and oxygen atoms in total. The predicted molar refractivity (Wildman–Crippen MR) is 86.1 cm³/mol. The van der Waals surface area contributed by atoms with Crippen LogP contribution in [0.5, 0.6) is 0 Å². The highest BCUT2D eigenvalue weighted by atomic mass is 16.5. The lowest BCUT2D eigenvalue weighted by atomic mass is 10.1. The summed E-state index contributed by atoms with van der Waals surface area (Å²) >= 11 is 0. The first-order valence-electron chi connectivity index (χ1n) is 7.95. The highest BCUT2D eigenvalue weighted by Crippen LogP contribution is 2.24. The van der Waals surface area contributed by atoms with Crippen LogP contribution in [0.4, 0.5) is 0 Å². The quantitative estimate of drug-likeness (QED) is 0.740. The molecule has 1 saturated heterocycles. The van der Waals surface area contributed by atoms with Crippen LogP contribution in [0.3, 0.4) is 0 Å². The van der Waals surface area contributed by atoms with E-state index in [4.69, 9.17) is 4.52 Å². The molecule has 3 aromatic heterocycles. The molecular weight excluding hydrogens is 306 g/mol. The van der Waals surface area contributed by atoms with Gasteiger partial charge in [-0.05, 0) is 25.0 Å². The Morgan fingerprint density at radius 3 is 3.04 bits per heavy atom. The van der Waals surface area contributed by atoms with E-state index in [1.807, 2.05) is 23.2 Å². The van der Waals surface area contributed by atoms with Gasteiger partial charge < -0.3 is 14.0 Å². The fourth-order valence-corrected chi connectivity index (χ4v) is 3.05. The van der Waals surface area contributed by atoms with E-state index in [0.29, 0.717) is 18.0 Å². The van der Waals surface area contributed by atoms with Crippen molar-refractivity contribution in [2.24, 2.45) is 0 Å². The monoisotopic (exact) mass is 323 g/mol. The molecule has 0 radical (unpaired) electrons. The number of hydrogen-bond acceptors (Lipinski definition) is 5. The van der Waals surface area contributed by atoms with Crippen molar-refractivity contribution in [1.82, 2.24) is 24.6 Å². The van der Waals surface area contributed by atoms with E-state index in [1.54, 1.807) is 31.0 Å². The molecule has 1 aliphatic rings. The number of likely N-dealkylation sites (tertiary alicyclic amines) is 1. The maximum absolute atomic E-state index is 12.7. The maximum Gasteiger partial charge on any atom is 0.276 e. The Bertz CT molecular complexity index is 813. The summed E-state index contributed by atoms with van der Waals surface area (Å²) in [4.78, 5) is 22.7. The van der Waals surface area contributed by atoms with Gasteiger partial charge in [-0.2, -0.15) is 0 Å². The highest BCUT2D eigenvalue weighted by Gasteiger charge is 2.27. The largest absolute Gasteiger partial charge is 0.355 e. The summed E-state index contributed by atoms with van der Waals surface area (Å²) in [7, 11) is 0. The van der Waals surface area contributed by atoms with Crippen molar-refractivity contribution >= 4 is 5.91 Å². The summed E-state index contributed by atoms with van der Waals surface area (Å²) in [5, 5.41) is 3.94. The Morgan fingerprint density at radius 2 is 2.25 bits per heavy atom. The third kappa shape index (κ3) is 2.80. The SMILES string of the molecule is O=C(c1cc(-c2cccnc2)on1)N1CCCC(n2ccnc2)C1. The van der Waals surface area contributed by atoms with Gasteiger partial charge in [-0.25, -0.2) is 4.98 Å². The average molecular weight is 323 g/mol. The number of amides is 1. The molecule has 1 aliphatic heterocycles. The van der Waals surface area contributed by atoms with E-state index in [-0.39, 0.29) is 11.9 Å². The molecule has 1 amide bonds. The third-order valence-corrected chi connectivity index (χ3v) is 4.31. The van der Waals surface area contributed by atoms with Gasteiger partial charge in [0.25, 0.3) is 5.91 Å². The number of carbonyl (C=O) groups excluding carboxylic acids is 1. The number of aromatic nitrogens is 4. The normalized spacial score (nSPS) is 17.8. The van der Waals surface area contributed by atoms with Crippen LogP contribution in [0, 0.1) is 0 Å². The standard InChI is InChI=1S/C17H17N5O2/c23-17(15-9-16(24-20-15)13-3-1-5-18-10-13)21-7-2-4-14(11-21)22-8-6-19-12-22/h1,3,5-6,8-10,12,14H,2,4,7,11H2. The molecule has 122 valence electrons. The van der Waals surface area contributed by atoms with Gasteiger partial charge >= 0.3 is 0 Å². The van der Waals surface area contributed by atoms with Crippen LogP contribution in [-0.4, -0.2) is 43.6 Å². The van der Waals surface area contributed by atoms with Crippen molar-refractivity contribution in [1.29, 1.82) is 0 Å². The van der Waals surface area contributed by atoms with Gasteiger partial charge in [0, 0.05) is 49.5 Å². The summed E-state index contributed by atoms with van der Waals surface area (Å²) in [6.45, 7) is 1.39. The van der Waals surface area contributed by atoms with Gasteiger partial charge in [0.2, 0.25) is 0 Å². The molecule has 0 aliphatic carbocycles. The summed E-state index contributed by atoms with van der Waals surface area (Å²) in [5.41, 5.74) is 1.14. The number of hydrogen-bond donors (Lipinski definition) is 0. The first-order chi connectivity index (χ1) is 11.8. The summed E-state index contributed by atoms with van der Waals surface area (Å²) < 4.78 is 7.37. The van der Waals surface area contributed by atoms with Crippen molar-refractivity contribution in [2.75, 3.05) is 13.1 Å². The first-order valence-corrected chi connectivity index (χ1v) is 7.95. The van der Waals surface area contributed by atoms with E-state index in [1.165, 1.54) is 0 Å². The molecule has 3 aromatic rings. The lowest BCUT2D eigenvalue weighted by Gasteiger charge is -2.32. The van der Waals surface area contributed by atoms with Gasteiger partial charge in [-0.3, -0.25) is 9.78 Å². The number of carbonyl (C=O) groups is 1. The number of nitrogens with zero attached hydrogens (tertiary/aromatic N) is 5. The first kappa shape index (κ1) is 14.6. The lowest BCUT2D eigenvalue weighted by molar-refractivity contribution is 0.0669. The topological polar surface area (TPSA) is 77.0 Å². The van der Waals surface area contributed by atoms with Gasteiger partial charge in [0.1, 0.15) is 0 Å². The van der Waals surface area contributed by atoms with Gasteiger partial charge in [-0.1, -0.05) is 5.16 Å². The molecular formula is C17H17N5O2. The molecule has 0 aromatic carbocycles. The maximum atomic E-state index is 12.7. The van der Waals surface area contributed by atoms with Crippen molar-refractivity contribution in [3.63, 3.8) is 0 Å². The van der Waals surface area contributed by atoms with Crippen molar-refractivity contribution in [3.05, 3.63) is 55.0 Å². The molecule has 0 spiro atoms. The molecule has 1 fully saturated rings. The fraction of sp³-hybridized carbons (Fsp3) is 0.294. The van der Waals surface area contributed by atoms with E-state index in [9.17, 15) is 4.79 Å². The van der Waals surface area contributed by atoms with Gasteiger partial charge in [0.05, 0.1) is 12.4 Å². The zero-order chi connectivity index (χ0) is 16.4. The minimum atomic E-state index is -0.0984. The highest BCUT2D eigenvalue weighted by molar-refractivity contribution is 5.93. The summed E-state index contributed by atoms with van der Waals surface area (Å²) in [5.74, 6) is 0.452. The molecule has 0 N–H and O–H groups in total. The number of imidazole rings is 1. The second-order valence-electron chi connectivity index (χ2n) is 5.88. The van der Waals surface area contributed by atoms with E-state index in [0.717, 1.165) is 24.9 Å². The molecule has 1 atom stereocenters. The van der Waals surface area contributed by atoms with E-state index < -0.39 is 0 Å². The molecule has 0 bridgehead atoms. The smallest absolute Gasteiger partial charge is 0.276 e. The molecule has 1 unspecified atom stereocenters. The Balaban J connectivity index is 1.50. The predicted octanol–water partition coefficient (Wildman–Crippen LogP) is 2.41. The van der Waals surface area contributed by atoms with Crippen LogP contribution >= 0.6 is 0 Å². The van der Waals surface area contributed by atoms with Crippen LogP contribution in [-0.2, 0) is 0 Å². The van der Waals surface area contributed by atoms with Crippen LogP contribution in [0.15, 0.2) is 53.8 Å². The van der Waals surface area contributed by atoms with Gasteiger partial charge in [0.15, 0.2) is 11.5 Å². The summed E-state index contributed by atoms with van der Waals surface area (Å²) in [6.07, 6.45) is 10.9. The zero-order valence-electron chi connectivity index (χ0n) is 13.1. The molecule has 24 heavy (non-hydrogen) atoms. The number of rotatable bonds is 3. The number of pyridine rings is 1. The van der Waals surface area contributed by atoms with Crippen molar-refractivity contribution in [3.8, 4) is 11.3 Å². The second-order valence-corrected chi connectivity index (χ2v) is 5.88. The van der Waals surface area contributed by atoms with Crippen LogP contribution < -0.4 is 0 Å². The third-order valence-electron chi connectivity index (χ3n) is 4.31. The van der Waals surface area contributed by atoms with Gasteiger partial charge in [-0.15, -0.1) is 0 Å². The molecule has 4 heterocycles. The average Bonchev–Trinajstić information content (AvgIpc) is 3.34. The minimum absolute atomic E-state index is 0.0984. The molecule has 0 saturated carbocycles. The van der Waals surface area contributed by atoms with Crippen LogP contribution in [0.2, 0.25) is 0 Å². The molecule has 7 heteroatoms. The van der Waals surface area contributed by atoms with E-state index >= 15 is 0 Å². The second kappa shape index (κ2) is 6.27. The number of piperidine rings is 1. The van der Waals surface area contributed by atoms with Crippen LogP contribution in [0.25, 0.3) is 11.3 Å². The van der Waals surface area contributed by atoms with E-state index in [2.05, 4.69) is 19.7 Å². The zero-order valence-corrected chi connectivity index (χ0v) is 13.1. The Labute approximate surface area is 138 Å². The van der Waals surface area contributed by atoms with Crippen LogP contribution in [0.1, 0.15) is 29.4 Å². The van der Waals surface area contributed by atoms with Crippen molar-refractivity contribution < 1.29 is 9.32 Å². The molecule has 4 rings (SSSR count). The Morgan fingerprint density at radius 1 is 1.29 bits per heavy atom. The summed E-state index contributed by atoms with van der Waals surface area (Å²) in [6, 6.07) is 5.63. The van der Waals surface area contributed by atoms with Crippen molar-refractivity contribution in [2.45, 2.75) is 18.9 Å². The lowest BCUT2D eigenvalue weighted by Crippen LogP contribution is -2.40. The Hall–Kier alpha value is -2.96. The fourth-order valence-electron chi connectivity index (χ4n) is 3.05. The Kier molecular flexibility index (Phi) is 3.82. The minimum Gasteiger partial charge on any atom is -0.355 e.